The van der Waals surface area contributed by atoms with Gasteiger partial charge in [-0.25, -0.2) is 0 Å². The normalized spacial score (nSPS) is 14.6. The Morgan fingerprint density at radius 1 is 0.913 bits per heavy atom. The maximum atomic E-state index is 11.0. The predicted molar refractivity (Wildman–Crippen MR) is 96.4 cm³/mol. The Kier molecular flexibility index (Phi) is 8.85. The fraction of sp³-hybridized carbons (Fsp3) is 0.684. The van der Waals surface area contributed by atoms with E-state index in [0.717, 1.165) is 17.9 Å². The summed E-state index contributed by atoms with van der Waals surface area (Å²) in [7, 11) is -4.09. The maximum absolute atomic E-state index is 11.0. The van der Waals surface area contributed by atoms with Crippen LogP contribution in [0.1, 0.15) is 83.6 Å². The quantitative estimate of drug-likeness (QED) is 0.408. The number of unbranched alkanes of at least 4 members (excludes halogenated alkanes) is 3. The summed E-state index contributed by atoms with van der Waals surface area (Å²) in [5, 5.41) is 0. The zero-order valence-corrected chi connectivity index (χ0v) is 15.6. The van der Waals surface area contributed by atoms with Gasteiger partial charge in [-0.3, -0.25) is 4.55 Å². The summed E-state index contributed by atoms with van der Waals surface area (Å²) in [6, 6.07) is 6.58. The van der Waals surface area contributed by atoms with E-state index in [0.29, 0.717) is 5.92 Å². The first-order valence-corrected chi connectivity index (χ1v) is 10.4. The Morgan fingerprint density at radius 2 is 1.43 bits per heavy atom. The van der Waals surface area contributed by atoms with Crippen molar-refractivity contribution >= 4 is 10.1 Å². The lowest BCUT2D eigenvalue weighted by Gasteiger charge is -2.14. The summed E-state index contributed by atoms with van der Waals surface area (Å²) in [5.74, 6) is 1.24. The fourth-order valence-corrected chi connectivity index (χ4v) is 3.45. The van der Waals surface area contributed by atoms with Crippen LogP contribution in [0.3, 0.4) is 0 Å². The highest BCUT2D eigenvalue weighted by molar-refractivity contribution is 7.85. The molecule has 0 radical (unpaired) electrons. The van der Waals surface area contributed by atoms with Crippen molar-refractivity contribution in [3.05, 3.63) is 29.8 Å². The molecule has 0 fully saturated rings. The van der Waals surface area contributed by atoms with Gasteiger partial charge in [-0.05, 0) is 36.0 Å². The minimum atomic E-state index is -4.09. The van der Waals surface area contributed by atoms with Crippen molar-refractivity contribution in [1.29, 1.82) is 0 Å². The highest BCUT2D eigenvalue weighted by Gasteiger charge is 2.11. The van der Waals surface area contributed by atoms with Crippen LogP contribution in [0, 0.1) is 5.92 Å². The van der Waals surface area contributed by atoms with Gasteiger partial charge in [0.2, 0.25) is 0 Å². The lowest BCUT2D eigenvalue weighted by atomic mass is 9.92. The van der Waals surface area contributed by atoms with E-state index < -0.39 is 10.1 Å². The van der Waals surface area contributed by atoms with Gasteiger partial charge in [-0.1, -0.05) is 77.8 Å². The molecule has 2 atom stereocenters. The van der Waals surface area contributed by atoms with E-state index in [1.807, 2.05) is 0 Å². The highest BCUT2D eigenvalue weighted by Crippen LogP contribution is 2.24. The predicted octanol–water partition coefficient (Wildman–Crippen LogP) is 5.81. The Balaban J connectivity index is 2.30. The average Bonchev–Trinajstić information content (AvgIpc) is 2.51. The van der Waals surface area contributed by atoms with Gasteiger partial charge in [0.05, 0.1) is 4.90 Å². The van der Waals surface area contributed by atoms with Crippen molar-refractivity contribution in [3.8, 4) is 0 Å². The van der Waals surface area contributed by atoms with E-state index in [1.165, 1.54) is 57.1 Å². The molecule has 0 saturated heterocycles. The first-order valence-electron chi connectivity index (χ1n) is 8.92. The average molecular weight is 341 g/mol. The van der Waals surface area contributed by atoms with Gasteiger partial charge in [-0.2, -0.15) is 8.42 Å². The number of hydrogen-bond acceptors (Lipinski definition) is 2. The van der Waals surface area contributed by atoms with Crippen molar-refractivity contribution in [2.24, 2.45) is 5.92 Å². The number of benzene rings is 1. The molecule has 0 spiro atoms. The van der Waals surface area contributed by atoms with Crippen molar-refractivity contribution in [2.45, 2.75) is 83.0 Å². The van der Waals surface area contributed by atoms with Gasteiger partial charge >= 0.3 is 0 Å². The lowest BCUT2D eigenvalue weighted by molar-refractivity contribution is 0.435. The van der Waals surface area contributed by atoms with Crippen LogP contribution in [-0.2, 0) is 10.1 Å². The first kappa shape index (κ1) is 20.2. The largest absolute Gasteiger partial charge is 0.294 e. The summed E-state index contributed by atoms with van der Waals surface area (Å²) >= 11 is 0. The van der Waals surface area contributed by atoms with Gasteiger partial charge in [0, 0.05) is 0 Å². The number of rotatable bonds is 11. The van der Waals surface area contributed by atoms with Crippen LogP contribution in [0.5, 0.6) is 0 Å². The molecule has 4 heteroatoms. The van der Waals surface area contributed by atoms with Gasteiger partial charge in [0.1, 0.15) is 0 Å². The molecule has 132 valence electrons. The molecule has 1 aromatic rings. The molecule has 3 nitrogen and oxygen atoms in total. The van der Waals surface area contributed by atoms with Crippen LogP contribution in [0.25, 0.3) is 0 Å². The van der Waals surface area contributed by atoms with Gasteiger partial charge in [0.25, 0.3) is 10.1 Å². The second kappa shape index (κ2) is 10.1. The summed E-state index contributed by atoms with van der Waals surface area (Å²) in [4.78, 5) is -0.0330. The van der Waals surface area contributed by atoms with Gasteiger partial charge < -0.3 is 0 Å². The fourth-order valence-electron chi connectivity index (χ4n) is 2.97. The topological polar surface area (TPSA) is 54.4 Å². The molecule has 1 aromatic carbocycles. The van der Waals surface area contributed by atoms with Crippen LogP contribution in [-0.4, -0.2) is 13.0 Å². The number of hydrogen-bond donors (Lipinski definition) is 1. The summed E-state index contributed by atoms with van der Waals surface area (Å²) in [6.07, 6.45) is 10.2. The Bertz CT molecular complexity index is 534. The Hall–Kier alpha value is -0.870. The Morgan fingerprint density at radius 3 is 1.96 bits per heavy atom. The van der Waals surface area contributed by atoms with Gasteiger partial charge in [-0.15, -0.1) is 0 Å². The van der Waals surface area contributed by atoms with E-state index >= 15 is 0 Å². The van der Waals surface area contributed by atoms with Crippen LogP contribution in [0.2, 0.25) is 0 Å². The molecule has 0 bridgehead atoms. The molecule has 1 N–H and O–H groups in total. The molecule has 0 aliphatic carbocycles. The molecule has 23 heavy (non-hydrogen) atoms. The zero-order chi connectivity index (χ0) is 17.3. The third kappa shape index (κ3) is 7.98. The highest BCUT2D eigenvalue weighted by atomic mass is 32.2. The maximum Gasteiger partial charge on any atom is 0.294 e. The zero-order valence-electron chi connectivity index (χ0n) is 14.8. The monoisotopic (exact) mass is 340 g/mol. The SMILES string of the molecule is CCCCC[C@@H](C)CCCCC(C)c1ccc(S(=O)(=O)O)cc1. The van der Waals surface area contributed by atoms with Crippen LogP contribution < -0.4 is 0 Å². The molecule has 1 rings (SSSR count). The minimum absolute atomic E-state index is 0.0330. The van der Waals surface area contributed by atoms with E-state index in [1.54, 1.807) is 12.1 Å². The van der Waals surface area contributed by atoms with E-state index in [4.69, 9.17) is 4.55 Å². The van der Waals surface area contributed by atoms with Crippen molar-refractivity contribution in [2.75, 3.05) is 0 Å². The summed E-state index contributed by atoms with van der Waals surface area (Å²) < 4.78 is 31.1. The molecule has 0 aliphatic heterocycles. The van der Waals surface area contributed by atoms with Crippen molar-refractivity contribution in [1.82, 2.24) is 0 Å². The third-order valence-electron chi connectivity index (χ3n) is 4.63. The van der Waals surface area contributed by atoms with Crippen LogP contribution in [0.15, 0.2) is 29.2 Å². The molecular weight excluding hydrogens is 308 g/mol. The lowest BCUT2D eigenvalue weighted by Crippen LogP contribution is -2.00. The second-order valence-corrected chi connectivity index (χ2v) is 8.25. The second-order valence-electron chi connectivity index (χ2n) is 6.83. The molecule has 0 saturated carbocycles. The molecule has 0 heterocycles. The molecule has 0 aliphatic rings. The third-order valence-corrected chi connectivity index (χ3v) is 5.50. The van der Waals surface area contributed by atoms with E-state index in [9.17, 15) is 8.42 Å². The van der Waals surface area contributed by atoms with Gasteiger partial charge in [0.15, 0.2) is 0 Å². The molecule has 1 unspecified atom stereocenters. The molecule has 0 amide bonds. The van der Waals surface area contributed by atoms with E-state index in [-0.39, 0.29) is 4.90 Å². The Labute approximate surface area is 142 Å². The van der Waals surface area contributed by atoms with Crippen molar-refractivity contribution < 1.29 is 13.0 Å². The smallest absolute Gasteiger partial charge is 0.282 e. The summed E-state index contributed by atoms with van der Waals surface area (Å²) in [6.45, 7) is 6.77. The first-order chi connectivity index (χ1) is 10.8. The molecule has 0 aromatic heterocycles. The summed E-state index contributed by atoms with van der Waals surface area (Å²) in [5.41, 5.74) is 1.13. The van der Waals surface area contributed by atoms with Crippen LogP contribution in [0.4, 0.5) is 0 Å². The molecular formula is C19H32O3S. The van der Waals surface area contributed by atoms with Crippen LogP contribution >= 0.6 is 0 Å². The van der Waals surface area contributed by atoms with Crippen molar-refractivity contribution in [3.63, 3.8) is 0 Å². The minimum Gasteiger partial charge on any atom is -0.282 e. The standard InChI is InChI=1S/C19H32O3S/c1-4-5-6-9-16(2)10-7-8-11-17(3)18-12-14-19(15-13-18)23(20,21)22/h12-17H,4-11H2,1-3H3,(H,20,21,22)/t16-,17?/m1/s1. The van der Waals surface area contributed by atoms with E-state index in [2.05, 4.69) is 20.8 Å².